The van der Waals surface area contributed by atoms with Crippen LogP contribution in [0.2, 0.25) is 0 Å². The van der Waals surface area contributed by atoms with Crippen molar-refractivity contribution in [1.82, 2.24) is 9.80 Å². The summed E-state index contributed by atoms with van der Waals surface area (Å²) in [5.41, 5.74) is 1.50. The number of anilines is 1. The lowest BCUT2D eigenvalue weighted by Gasteiger charge is -2.26. The minimum absolute atomic E-state index is 0.304. The molecule has 0 aromatic heterocycles. The third kappa shape index (κ3) is 3.26. The minimum atomic E-state index is -0.512. The van der Waals surface area contributed by atoms with Gasteiger partial charge in [-0.25, -0.2) is 9.59 Å². The molecule has 8 nitrogen and oxygen atoms in total. The number of nitrogens with zero attached hydrogens (tertiary/aromatic N) is 2. The van der Waals surface area contributed by atoms with Gasteiger partial charge in [-0.3, -0.25) is 14.5 Å². The number of carbonyl (C=O) groups excluding carboxylic acids is 4. The number of fused-ring (bicyclic) bond motifs is 1. The van der Waals surface area contributed by atoms with Crippen LogP contribution in [-0.2, 0) is 14.3 Å². The van der Waals surface area contributed by atoms with E-state index >= 15 is 0 Å². The van der Waals surface area contributed by atoms with Crippen LogP contribution in [0, 0.1) is 6.92 Å². The summed E-state index contributed by atoms with van der Waals surface area (Å²) in [5, 5.41) is 2.67. The molecular formula is C18H21N3O5. The number of hydrogen-bond acceptors (Lipinski definition) is 5. The number of methoxy groups -OCH3 is 1. The number of hydrogen-bond donors (Lipinski definition) is 1. The fourth-order valence-corrected chi connectivity index (χ4v) is 3.33. The van der Waals surface area contributed by atoms with Gasteiger partial charge in [0.25, 0.3) is 5.91 Å². The first-order valence-electron chi connectivity index (χ1n) is 8.53. The van der Waals surface area contributed by atoms with E-state index in [-0.39, 0.29) is 12.5 Å². The van der Waals surface area contributed by atoms with Gasteiger partial charge in [0.15, 0.2) is 0 Å². The van der Waals surface area contributed by atoms with Crippen LogP contribution in [-0.4, -0.2) is 59.9 Å². The number of imide groups is 1. The maximum atomic E-state index is 12.4. The van der Waals surface area contributed by atoms with E-state index in [0.717, 1.165) is 23.3 Å². The van der Waals surface area contributed by atoms with Crippen LogP contribution >= 0.6 is 0 Å². The highest BCUT2D eigenvalue weighted by Crippen LogP contribution is 2.26. The molecule has 2 aliphatic heterocycles. The highest BCUT2D eigenvalue weighted by molar-refractivity contribution is 6.08. The van der Waals surface area contributed by atoms with Crippen LogP contribution in [0.3, 0.4) is 0 Å². The summed E-state index contributed by atoms with van der Waals surface area (Å²) >= 11 is 0. The maximum absolute atomic E-state index is 12.4. The van der Waals surface area contributed by atoms with Gasteiger partial charge in [-0.1, -0.05) is 6.07 Å². The average molecular weight is 359 g/mol. The van der Waals surface area contributed by atoms with Gasteiger partial charge in [0.05, 0.1) is 12.7 Å². The molecule has 0 saturated carbocycles. The van der Waals surface area contributed by atoms with Gasteiger partial charge < -0.3 is 15.0 Å². The third-order valence-electron chi connectivity index (χ3n) is 4.76. The van der Waals surface area contributed by atoms with Crippen molar-refractivity contribution < 1.29 is 23.9 Å². The molecule has 1 aromatic rings. The standard InChI is InChI=1S/C18H21N3O5/c1-11-6-7-12(17(24)26-2)9-13(11)19-15(22)10-21-16(23)14-5-3-4-8-20(14)18(21)25/h6-7,9,14H,3-5,8,10H2,1-2H3,(H,19,22). The van der Waals surface area contributed by atoms with E-state index in [9.17, 15) is 19.2 Å². The summed E-state index contributed by atoms with van der Waals surface area (Å²) < 4.78 is 4.67. The number of benzene rings is 1. The van der Waals surface area contributed by atoms with E-state index < -0.39 is 23.9 Å². The summed E-state index contributed by atoms with van der Waals surface area (Å²) in [6, 6.07) is 3.95. The van der Waals surface area contributed by atoms with Gasteiger partial charge in [0, 0.05) is 12.2 Å². The Hall–Kier alpha value is -2.90. The summed E-state index contributed by atoms with van der Waals surface area (Å²) in [7, 11) is 1.28. The van der Waals surface area contributed by atoms with E-state index in [0.29, 0.717) is 24.2 Å². The summed E-state index contributed by atoms with van der Waals surface area (Å²) in [6.45, 7) is 1.99. The molecular weight excluding hydrogens is 338 g/mol. The largest absolute Gasteiger partial charge is 0.465 e. The normalized spacial score (nSPS) is 19.4. The fraction of sp³-hybridized carbons (Fsp3) is 0.444. The Morgan fingerprint density at radius 3 is 2.73 bits per heavy atom. The zero-order chi connectivity index (χ0) is 18.8. The van der Waals surface area contributed by atoms with E-state index in [2.05, 4.69) is 10.1 Å². The molecule has 2 aliphatic rings. The highest BCUT2D eigenvalue weighted by Gasteiger charge is 2.46. The number of amides is 4. The molecule has 26 heavy (non-hydrogen) atoms. The lowest BCUT2D eigenvalue weighted by Crippen LogP contribution is -2.39. The lowest BCUT2D eigenvalue weighted by atomic mass is 10.0. The summed E-state index contributed by atoms with van der Waals surface area (Å²) in [6.07, 6.45) is 2.41. The van der Waals surface area contributed by atoms with Crippen LogP contribution in [0.4, 0.5) is 10.5 Å². The second-order valence-corrected chi connectivity index (χ2v) is 6.48. The molecule has 0 bridgehead atoms. The first-order valence-corrected chi connectivity index (χ1v) is 8.53. The van der Waals surface area contributed by atoms with Crippen molar-refractivity contribution in [1.29, 1.82) is 0 Å². The van der Waals surface area contributed by atoms with Crippen LogP contribution < -0.4 is 5.32 Å². The van der Waals surface area contributed by atoms with Crippen LogP contribution in [0.15, 0.2) is 18.2 Å². The molecule has 1 atom stereocenters. The minimum Gasteiger partial charge on any atom is -0.465 e. The molecule has 0 spiro atoms. The second-order valence-electron chi connectivity index (χ2n) is 6.48. The molecule has 1 N–H and O–H groups in total. The van der Waals surface area contributed by atoms with Crippen molar-refractivity contribution >= 4 is 29.5 Å². The van der Waals surface area contributed by atoms with Crippen molar-refractivity contribution in [2.24, 2.45) is 0 Å². The van der Waals surface area contributed by atoms with E-state index in [4.69, 9.17) is 0 Å². The monoisotopic (exact) mass is 359 g/mol. The van der Waals surface area contributed by atoms with Crippen LogP contribution in [0.1, 0.15) is 35.2 Å². The van der Waals surface area contributed by atoms with Gasteiger partial charge in [0.2, 0.25) is 5.91 Å². The van der Waals surface area contributed by atoms with Gasteiger partial charge in [-0.05, 0) is 43.9 Å². The molecule has 0 radical (unpaired) electrons. The average Bonchev–Trinajstić information content (AvgIpc) is 2.88. The molecule has 3 rings (SSSR count). The topological polar surface area (TPSA) is 96.0 Å². The number of nitrogens with one attached hydrogen (secondary N) is 1. The van der Waals surface area contributed by atoms with Gasteiger partial charge >= 0.3 is 12.0 Å². The molecule has 1 aromatic carbocycles. The van der Waals surface area contributed by atoms with Crippen molar-refractivity contribution in [3.63, 3.8) is 0 Å². The Labute approximate surface area is 151 Å². The SMILES string of the molecule is COC(=O)c1ccc(C)c(NC(=O)CN2C(=O)C3CCCCN3C2=O)c1. The molecule has 1 unspecified atom stereocenters. The first-order chi connectivity index (χ1) is 12.4. The zero-order valence-corrected chi connectivity index (χ0v) is 14.8. The maximum Gasteiger partial charge on any atom is 0.337 e. The zero-order valence-electron chi connectivity index (χ0n) is 14.8. The predicted molar refractivity (Wildman–Crippen MR) is 92.6 cm³/mol. The lowest BCUT2D eigenvalue weighted by molar-refractivity contribution is -0.131. The fourth-order valence-electron chi connectivity index (χ4n) is 3.33. The van der Waals surface area contributed by atoms with Crippen LogP contribution in [0.5, 0.6) is 0 Å². The van der Waals surface area contributed by atoms with Crippen LogP contribution in [0.25, 0.3) is 0 Å². The Bertz CT molecular complexity index is 752. The highest BCUT2D eigenvalue weighted by atomic mass is 16.5. The Morgan fingerprint density at radius 1 is 1.27 bits per heavy atom. The molecule has 2 saturated heterocycles. The Morgan fingerprint density at radius 2 is 2.04 bits per heavy atom. The number of ether oxygens (including phenoxy) is 1. The number of urea groups is 1. The van der Waals surface area contributed by atoms with Gasteiger partial charge in [0.1, 0.15) is 12.6 Å². The van der Waals surface area contributed by atoms with Gasteiger partial charge in [-0.15, -0.1) is 0 Å². The first kappa shape index (κ1) is 17.9. The van der Waals surface area contributed by atoms with Crippen molar-refractivity contribution in [3.05, 3.63) is 29.3 Å². The smallest absolute Gasteiger partial charge is 0.337 e. The second kappa shape index (κ2) is 7.15. The van der Waals surface area contributed by atoms with E-state index in [1.165, 1.54) is 13.2 Å². The van der Waals surface area contributed by atoms with Crippen molar-refractivity contribution in [2.45, 2.75) is 32.2 Å². The van der Waals surface area contributed by atoms with Gasteiger partial charge in [-0.2, -0.15) is 0 Å². The molecule has 0 aliphatic carbocycles. The van der Waals surface area contributed by atoms with E-state index in [1.54, 1.807) is 24.0 Å². The quantitative estimate of drug-likeness (QED) is 0.650. The summed E-state index contributed by atoms with van der Waals surface area (Å²) in [5.74, 6) is -1.32. The Kier molecular flexibility index (Phi) is 4.92. The predicted octanol–water partition coefficient (Wildman–Crippen LogP) is 1.54. The number of piperidine rings is 1. The number of esters is 1. The number of carbonyl (C=O) groups is 4. The molecule has 4 amide bonds. The number of rotatable bonds is 4. The summed E-state index contributed by atoms with van der Waals surface area (Å²) in [4.78, 5) is 51.3. The third-order valence-corrected chi connectivity index (χ3v) is 4.76. The molecule has 2 heterocycles. The Balaban J connectivity index is 1.70. The molecule has 8 heteroatoms. The number of aryl methyl sites for hydroxylation is 1. The van der Waals surface area contributed by atoms with E-state index in [1.807, 2.05) is 0 Å². The van der Waals surface area contributed by atoms with Crippen molar-refractivity contribution in [3.8, 4) is 0 Å². The molecule has 2 fully saturated rings. The molecule has 138 valence electrons. The van der Waals surface area contributed by atoms with Crippen molar-refractivity contribution in [2.75, 3.05) is 25.5 Å².